The van der Waals surface area contributed by atoms with Gasteiger partial charge in [0.1, 0.15) is 5.82 Å². The van der Waals surface area contributed by atoms with Crippen molar-refractivity contribution in [3.63, 3.8) is 0 Å². The van der Waals surface area contributed by atoms with E-state index in [1.165, 1.54) is 6.07 Å². The first-order chi connectivity index (χ1) is 7.94. The van der Waals surface area contributed by atoms with Gasteiger partial charge >= 0.3 is 0 Å². The summed E-state index contributed by atoms with van der Waals surface area (Å²) in [6.45, 7) is 6.96. The molecule has 0 unspecified atom stereocenters. The smallest absolute Gasteiger partial charge is 0.127 e. The van der Waals surface area contributed by atoms with E-state index in [2.05, 4.69) is 24.1 Å². The molecule has 0 spiro atoms. The monoisotopic (exact) mass is 238 g/mol. The summed E-state index contributed by atoms with van der Waals surface area (Å²) in [5.41, 5.74) is 0.949. The molecule has 0 amide bonds. The van der Waals surface area contributed by atoms with Gasteiger partial charge < -0.3 is 10.2 Å². The minimum Gasteiger partial charge on any atom is -0.319 e. The number of benzene rings is 1. The van der Waals surface area contributed by atoms with Crippen LogP contribution in [0.15, 0.2) is 24.3 Å². The van der Waals surface area contributed by atoms with Crippen LogP contribution in [0.2, 0.25) is 0 Å². The van der Waals surface area contributed by atoms with Gasteiger partial charge in [-0.2, -0.15) is 0 Å². The van der Waals surface area contributed by atoms with E-state index in [-0.39, 0.29) is 11.2 Å². The minimum atomic E-state index is -0.120. The summed E-state index contributed by atoms with van der Waals surface area (Å²) in [6, 6.07) is 6.97. The van der Waals surface area contributed by atoms with Gasteiger partial charge in [0.15, 0.2) is 0 Å². The van der Waals surface area contributed by atoms with Crippen molar-refractivity contribution in [1.82, 2.24) is 10.2 Å². The Morgan fingerprint density at radius 1 is 1.29 bits per heavy atom. The summed E-state index contributed by atoms with van der Waals surface area (Å²) in [5.74, 6) is -0.120. The molecule has 1 N–H and O–H groups in total. The Bertz CT molecular complexity index is 350. The first-order valence-electron chi connectivity index (χ1n) is 6.01. The van der Waals surface area contributed by atoms with Crippen LogP contribution < -0.4 is 5.32 Å². The second-order valence-electron chi connectivity index (χ2n) is 5.46. The van der Waals surface area contributed by atoms with Crippen LogP contribution in [0.25, 0.3) is 0 Å². The Morgan fingerprint density at radius 3 is 2.53 bits per heavy atom. The van der Waals surface area contributed by atoms with Crippen LogP contribution in [0.4, 0.5) is 4.39 Å². The maximum atomic E-state index is 13.5. The lowest BCUT2D eigenvalue weighted by Crippen LogP contribution is -2.37. The molecule has 0 radical (unpaired) electrons. The molecule has 96 valence electrons. The maximum Gasteiger partial charge on any atom is 0.127 e. The minimum absolute atomic E-state index is 0.120. The molecule has 0 heterocycles. The number of nitrogens with zero attached hydrogens (tertiary/aromatic N) is 1. The quantitative estimate of drug-likeness (QED) is 0.819. The highest BCUT2D eigenvalue weighted by molar-refractivity contribution is 5.17. The van der Waals surface area contributed by atoms with Gasteiger partial charge in [0.2, 0.25) is 0 Å². The number of rotatable bonds is 6. The van der Waals surface area contributed by atoms with Crippen molar-refractivity contribution in [1.29, 1.82) is 0 Å². The van der Waals surface area contributed by atoms with Crippen molar-refractivity contribution in [2.45, 2.75) is 20.4 Å². The second kappa shape index (κ2) is 6.12. The SMILES string of the molecule is CNCC(C)(C)CN(C)Cc1ccccc1F. The van der Waals surface area contributed by atoms with Crippen LogP contribution in [-0.2, 0) is 6.54 Å². The predicted molar refractivity (Wildman–Crippen MR) is 70.4 cm³/mol. The lowest BCUT2D eigenvalue weighted by Gasteiger charge is -2.30. The molecular weight excluding hydrogens is 215 g/mol. The Hall–Kier alpha value is -0.930. The van der Waals surface area contributed by atoms with Gasteiger partial charge in [-0.1, -0.05) is 32.0 Å². The molecule has 0 aliphatic rings. The van der Waals surface area contributed by atoms with Crippen LogP contribution in [-0.4, -0.2) is 32.1 Å². The Morgan fingerprint density at radius 2 is 1.94 bits per heavy atom. The van der Waals surface area contributed by atoms with Crippen LogP contribution in [0.3, 0.4) is 0 Å². The van der Waals surface area contributed by atoms with Crippen molar-refractivity contribution in [3.05, 3.63) is 35.6 Å². The predicted octanol–water partition coefficient (Wildman–Crippen LogP) is 2.50. The topological polar surface area (TPSA) is 15.3 Å². The number of nitrogens with one attached hydrogen (secondary N) is 1. The molecule has 0 aliphatic carbocycles. The van der Waals surface area contributed by atoms with Crippen LogP contribution in [0.1, 0.15) is 19.4 Å². The average Bonchev–Trinajstić information content (AvgIpc) is 2.20. The summed E-state index contributed by atoms with van der Waals surface area (Å²) in [7, 11) is 3.99. The average molecular weight is 238 g/mol. The summed E-state index contributed by atoms with van der Waals surface area (Å²) in [5, 5.41) is 3.19. The summed E-state index contributed by atoms with van der Waals surface area (Å²) in [6.07, 6.45) is 0. The fraction of sp³-hybridized carbons (Fsp3) is 0.571. The van der Waals surface area contributed by atoms with Crippen LogP contribution >= 0.6 is 0 Å². The third-order valence-corrected chi connectivity index (χ3v) is 2.75. The van der Waals surface area contributed by atoms with Gasteiger partial charge in [0.25, 0.3) is 0 Å². The normalized spacial score (nSPS) is 12.1. The summed E-state index contributed by atoms with van der Waals surface area (Å²) in [4.78, 5) is 2.16. The molecule has 0 atom stereocenters. The first-order valence-corrected chi connectivity index (χ1v) is 6.01. The molecule has 2 nitrogen and oxygen atoms in total. The van der Waals surface area contributed by atoms with Gasteiger partial charge in [-0.25, -0.2) is 4.39 Å². The number of hydrogen-bond acceptors (Lipinski definition) is 2. The molecule has 1 rings (SSSR count). The largest absolute Gasteiger partial charge is 0.319 e. The van der Waals surface area contributed by atoms with E-state index in [0.717, 1.165) is 18.7 Å². The Labute approximate surface area is 104 Å². The zero-order valence-corrected chi connectivity index (χ0v) is 11.3. The number of halogens is 1. The van der Waals surface area contributed by atoms with Gasteiger partial charge in [-0.3, -0.25) is 0 Å². The van der Waals surface area contributed by atoms with E-state index >= 15 is 0 Å². The summed E-state index contributed by atoms with van der Waals surface area (Å²) < 4.78 is 13.5. The highest BCUT2D eigenvalue weighted by atomic mass is 19.1. The molecule has 0 saturated heterocycles. The molecule has 1 aromatic rings. The highest BCUT2D eigenvalue weighted by Gasteiger charge is 2.19. The van der Waals surface area contributed by atoms with Gasteiger partial charge in [0, 0.05) is 25.2 Å². The lowest BCUT2D eigenvalue weighted by atomic mass is 9.93. The number of hydrogen-bond donors (Lipinski definition) is 1. The Balaban J connectivity index is 2.55. The van der Waals surface area contributed by atoms with E-state index in [4.69, 9.17) is 0 Å². The highest BCUT2D eigenvalue weighted by Crippen LogP contribution is 2.17. The second-order valence-corrected chi connectivity index (χ2v) is 5.46. The Kier molecular flexibility index (Phi) is 5.09. The summed E-state index contributed by atoms with van der Waals surface area (Å²) >= 11 is 0. The van der Waals surface area contributed by atoms with Crippen molar-refractivity contribution in [2.24, 2.45) is 5.41 Å². The lowest BCUT2D eigenvalue weighted by molar-refractivity contribution is 0.200. The molecule has 1 aromatic carbocycles. The van der Waals surface area contributed by atoms with Gasteiger partial charge in [0.05, 0.1) is 0 Å². The van der Waals surface area contributed by atoms with Crippen LogP contribution in [0, 0.1) is 11.2 Å². The third kappa shape index (κ3) is 4.84. The van der Waals surface area contributed by atoms with E-state index in [1.54, 1.807) is 6.07 Å². The van der Waals surface area contributed by atoms with E-state index in [9.17, 15) is 4.39 Å². The van der Waals surface area contributed by atoms with E-state index in [0.29, 0.717) is 6.54 Å². The molecular formula is C14H23FN2. The maximum absolute atomic E-state index is 13.5. The molecule has 0 fully saturated rings. The van der Waals surface area contributed by atoms with Crippen molar-refractivity contribution >= 4 is 0 Å². The van der Waals surface area contributed by atoms with Crippen molar-refractivity contribution < 1.29 is 4.39 Å². The molecule has 0 saturated carbocycles. The van der Waals surface area contributed by atoms with Crippen molar-refractivity contribution in [3.8, 4) is 0 Å². The molecule has 3 heteroatoms. The molecule has 17 heavy (non-hydrogen) atoms. The fourth-order valence-corrected chi connectivity index (χ4v) is 2.24. The fourth-order valence-electron chi connectivity index (χ4n) is 2.24. The first kappa shape index (κ1) is 14.1. The van der Waals surface area contributed by atoms with Crippen LogP contribution in [0.5, 0.6) is 0 Å². The zero-order valence-electron chi connectivity index (χ0n) is 11.3. The van der Waals surface area contributed by atoms with Crippen molar-refractivity contribution in [2.75, 3.05) is 27.2 Å². The standard InChI is InChI=1S/C14H23FN2/c1-14(2,10-16-3)11-17(4)9-12-7-5-6-8-13(12)15/h5-8,16H,9-11H2,1-4H3. The zero-order chi connectivity index (χ0) is 12.9. The van der Waals surface area contributed by atoms with Gasteiger partial charge in [-0.05, 0) is 25.6 Å². The molecule has 0 bridgehead atoms. The van der Waals surface area contributed by atoms with E-state index in [1.807, 2.05) is 26.2 Å². The van der Waals surface area contributed by atoms with E-state index < -0.39 is 0 Å². The third-order valence-electron chi connectivity index (χ3n) is 2.75. The molecule has 0 aromatic heterocycles. The van der Waals surface area contributed by atoms with Gasteiger partial charge in [-0.15, -0.1) is 0 Å². The molecule has 0 aliphatic heterocycles.